The molecular weight excluding hydrogens is 360 g/mol. The summed E-state index contributed by atoms with van der Waals surface area (Å²) >= 11 is 0. The Labute approximate surface area is 155 Å². The van der Waals surface area contributed by atoms with Crippen molar-refractivity contribution in [1.82, 2.24) is 10.2 Å². The van der Waals surface area contributed by atoms with E-state index in [1.807, 2.05) is 0 Å². The summed E-state index contributed by atoms with van der Waals surface area (Å²) in [6, 6.07) is 5.32. The lowest BCUT2D eigenvalue weighted by Gasteiger charge is -2.30. The molecule has 27 heavy (non-hydrogen) atoms. The van der Waals surface area contributed by atoms with Gasteiger partial charge >= 0.3 is 12.6 Å². The maximum Gasteiger partial charge on any atom is 0.387 e. The van der Waals surface area contributed by atoms with Gasteiger partial charge in [-0.25, -0.2) is 4.79 Å². The smallest absolute Gasteiger partial charge is 0.387 e. The van der Waals surface area contributed by atoms with E-state index in [2.05, 4.69) is 15.4 Å². The summed E-state index contributed by atoms with van der Waals surface area (Å²) in [6.45, 7) is -3.09. The summed E-state index contributed by atoms with van der Waals surface area (Å²) < 4.78 is 29.2. The van der Waals surface area contributed by atoms with Gasteiger partial charge in [0.2, 0.25) is 5.91 Å². The van der Waals surface area contributed by atoms with E-state index in [4.69, 9.17) is 0 Å². The molecule has 0 aromatic heterocycles. The molecule has 9 heteroatoms. The molecule has 2 N–H and O–H groups in total. The summed E-state index contributed by atoms with van der Waals surface area (Å²) in [4.78, 5) is 38.0. The van der Waals surface area contributed by atoms with Crippen LogP contribution >= 0.6 is 0 Å². The van der Waals surface area contributed by atoms with Crippen molar-refractivity contribution in [1.29, 1.82) is 0 Å². The molecule has 0 bridgehead atoms. The van der Waals surface area contributed by atoms with Gasteiger partial charge in [0.1, 0.15) is 11.3 Å². The highest BCUT2D eigenvalue weighted by Gasteiger charge is 2.51. The number of ether oxygens (including phenoxy) is 1. The highest BCUT2D eigenvalue weighted by Crippen LogP contribution is 2.33. The van der Waals surface area contributed by atoms with Gasteiger partial charge in [-0.2, -0.15) is 8.78 Å². The number of nitrogens with zero attached hydrogens (tertiary/aromatic N) is 1. The van der Waals surface area contributed by atoms with E-state index < -0.39 is 24.1 Å². The van der Waals surface area contributed by atoms with E-state index in [-0.39, 0.29) is 30.3 Å². The molecule has 1 saturated heterocycles. The summed E-state index contributed by atoms with van der Waals surface area (Å²) in [5, 5.41) is 5.25. The summed E-state index contributed by atoms with van der Waals surface area (Å²) in [5.41, 5.74) is -0.729. The number of carbonyl (C=O) groups excluding carboxylic acids is 3. The number of urea groups is 1. The molecule has 1 aromatic carbocycles. The Morgan fingerprint density at radius 3 is 2.63 bits per heavy atom. The monoisotopic (exact) mass is 381 g/mol. The van der Waals surface area contributed by atoms with Crippen LogP contribution in [0, 0.1) is 0 Å². The molecular formula is C18H21F2N3O4. The second-order valence-electron chi connectivity index (χ2n) is 6.70. The van der Waals surface area contributed by atoms with Gasteiger partial charge < -0.3 is 15.4 Å². The fraction of sp³-hybridized carbons (Fsp3) is 0.500. The first-order chi connectivity index (χ1) is 12.9. The second-order valence-corrected chi connectivity index (χ2v) is 6.70. The standard InChI is InChI=1S/C18H21F2N3O4/c19-16(20)27-13-7-3-2-6-12(13)21-14(24)8-11-23-15(25)18(22-17(23)26)9-4-1-5-10-18/h2-3,6-7,16H,1,4-5,8-11H2,(H,21,24)(H,22,26). The zero-order valence-corrected chi connectivity index (χ0v) is 14.7. The van der Waals surface area contributed by atoms with E-state index in [0.29, 0.717) is 12.8 Å². The van der Waals surface area contributed by atoms with Crippen LogP contribution in [0.5, 0.6) is 5.75 Å². The van der Waals surface area contributed by atoms with Crippen molar-refractivity contribution in [3.05, 3.63) is 24.3 Å². The predicted octanol–water partition coefficient (Wildman–Crippen LogP) is 2.87. The molecule has 0 unspecified atom stereocenters. The van der Waals surface area contributed by atoms with Crippen molar-refractivity contribution < 1.29 is 27.9 Å². The number of halogens is 2. The van der Waals surface area contributed by atoms with Gasteiger partial charge in [0, 0.05) is 13.0 Å². The number of imide groups is 1. The normalized spacial score (nSPS) is 18.7. The maximum absolute atomic E-state index is 12.6. The Kier molecular flexibility index (Phi) is 5.57. The van der Waals surface area contributed by atoms with Crippen LogP contribution in [-0.4, -0.2) is 41.4 Å². The fourth-order valence-electron chi connectivity index (χ4n) is 3.57. The van der Waals surface area contributed by atoms with Gasteiger partial charge in [0.25, 0.3) is 5.91 Å². The Balaban J connectivity index is 1.58. The lowest BCUT2D eigenvalue weighted by molar-refractivity contribution is -0.132. The van der Waals surface area contributed by atoms with Crippen molar-refractivity contribution in [3.63, 3.8) is 0 Å². The number of para-hydroxylation sites is 2. The van der Waals surface area contributed by atoms with Gasteiger partial charge in [-0.15, -0.1) is 0 Å². The first-order valence-electron chi connectivity index (χ1n) is 8.89. The topological polar surface area (TPSA) is 87.7 Å². The molecule has 3 rings (SSSR count). The molecule has 2 fully saturated rings. The number of rotatable bonds is 6. The Hall–Kier alpha value is -2.71. The third-order valence-corrected chi connectivity index (χ3v) is 4.89. The fourth-order valence-corrected chi connectivity index (χ4v) is 3.57. The van der Waals surface area contributed by atoms with Crippen molar-refractivity contribution in [2.45, 2.75) is 50.7 Å². The molecule has 1 aromatic rings. The van der Waals surface area contributed by atoms with Crippen LogP contribution in [0.4, 0.5) is 19.3 Å². The van der Waals surface area contributed by atoms with E-state index in [1.54, 1.807) is 6.07 Å². The molecule has 0 atom stereocenters. The zero-order chi connectivity index (χ0) is 19.4. The molecule has 1 saturated carbocycles. The predicted molar refractivity (Wildman–Crippen MR) is 92.4 cm³/mol. The lowest BCUT2D eigenvalue weighted by Crippen LogP contribution is -2.48. The average molecular weight is 381 g/mol. The number of anilines is 1. The summed E-state index contributed by atoms with van der Waals surface area (Å²) in [6.07, 6.45) is 3.87. The van der Waals surface area contributed by atoms with Crippen LogP contribution in [0.2, 0.25) is 0 Å². The first kappa shape index (κ1) is 19.1. The minimum atomic E-state index is -3.01. The molecule has 1 heterocycles. The zero-order valence-electron chi connectivity index (χ0n) is 14.7. The number of carbonyl (C=O) groups is 3. The molecule has 0 radical (unpaired) electrons. The number of amides is 4. The van der Waals surface area contributed by atoms with Gasteiger partial charge in [-0.3, -0.25) is 14.5 Å². The average Bonchev–Trinajstić information content (AvgIpc) is 2.85. The van der Waals surface area contributed by atoms with Crippen LogP contribution in [-0.2, 0) is 9.59 Å². The first-order valence-corrected chi connectivity index (χ1v) is 8.89. The van der Waals surface area contributed by atoms with E-state index >= 15 is 0 Å². The van der Waals surface area contributed by atoms with Gasteiger partial charge in [0.15, 0.2) is 0 Å². The van der Waals surface area contributed by atoms with Gasteiger partial charge in [0.05, 0.1) is 5.69 Å². The van der Waals surface area contributed by atoms with E-state index in [1.165, 1.54) is 18.2 Å². The molecule has 1 aliphatic carbocycles. The highest BCUT2D eigenvalue weighted by molar-refractivity contribution is 6.07. The SMILES string of the molecule is O=C(CCN1C(=O)NC2(CCCCC2)C1=O)Nc1ccccc1OC(F)F. The van der Waals surface area contributed by atoms with Gasteiger partial charge in [-0.05, 0) is 25.0 Å². The van der Waals surface area contributed by atoms with Crippen LogP contribution in [0.3, 0.4) is 0 Å². The second kappa shape index (κ2) is 7.89. The van der Waals surface area contributed by atoms with E-state index in [0.717, 1.165) is 24.2 Å². The minimum Gasteiger partial charge on any atom is -0.433 e. The Morgan fingerprint density at radius 1 is 1.22 bits per heavy atom. The summed E-state index contributed by atoms with van der Waals surface area (Å²) in [7, 11) is 0. The molecule has 2 aliphatic rings. The van der Waals surface area contributed by atoms with Crippen LogP contribution in [0.25, 0.3) is 0 Å². The van der Waals surface area contributed by atoms with E-state index in [9.17, 15) is 23.2 Å². The van der Waals surface area contributed by atoms with Crippen LogP contribution in [0.1, 0.15) is 38.5 Å². The molecule has 1 spiro atoms. The minimum absolute atomic E-state index is 0.0733. The summed E-state index contributed by atoms with van der Waals surface area (Å²) in [5.74, 6) is -0.955. The molecule has 1 aliphatic heterocycles. The quantitative estimate of drug-likeness (QED) is 0.742. The van der Waals surface area contributed by atoms with Crippen LogP contribution < -0.4 is 15.4 Å². The largest absolute Gasteiger partial charge is 0.433 e. The van der Waals surface area contributed by atoms with Crippen molar-refractivity contribution in [3.8, 4) is 5.75 Å². The molecule has 7 nitrogen and oxygen atoms in total. The number of nitrogens with one attached hydrogen (secondary N) is 2. The third kappa shape index (κ3) is 4.17. The third-order valence-electron chi connectivity index (χ3n) is 4.89. The van der Waals surface area contributed by atoms with Gasteiger partial charge in [-0.1, -0.05) is 31.4 Å². The lowest BCUT2D eigenvalue weighted by atomic mass is 9.82. The Morgan fingerprint density at radius 2 is 1.93 bits per heavy atom. The number of hydrogen-bond acceptors (Lipinski definition) is 4. The molecule has 146 valence electrons. The van der Waals surface area contributed by atoms with Crippen molar-refractivity contribution in [2.24, 2.45) is 0 Å². The Bertz CT molecular complexity index is 735. The maximum atomic E-state index is 12.6. The number of alkyl halides is 2. The molecule has 4 amide bonds. The number of benzene rings is 1. The number of hydrogen-bond donors (Lipinski definition) is 2. The van der Waals surface area contributed by atoms with Crippen LogP contribution in [0.15, 0.2) is 24.3 Å². The van der Waals surface area contributed by atoms with Crippen molar-refractivity contribution >= 4 is 23.5 Å². The highest BCUT2D eigenvalue weighted by atomic mass is 19.3. The van der Waals surface area contributed by atoms with Crippen molar-refractivity contribution in [2.75, 3.05) is 11.9 Å².